The number of pyridine rings is 1. The van der Waals surface area contributed by atoms with E-state index in [0.29, 0.717) is 0 Å². The molecule has 28 heavy (non-hydrogen) atoms. The minimum Gasteiger partial charge on any atom is -0.353 e. The first kappa shape index (κ1) is 17.6. The van der Waals surface area contributed by atoms with Gasteiger partial charge in [-0.1, -0.05) is 6.07 Å². The van der Waals surface area contributed by atoms with Gasteiger partial charge in [0.05, 0.1) is 5.69 Å². The summed E-state index contributed by atoms with van der Waals surface area (Å²) in [6.45, 7) is 8.12. The van der Waals surface area contributed by atoms with E-state index in [2.05, 4.69) is 28.6 Å². The maximum atomic E-state index is 4.98. The Morgan fingerprint density at radius 1 is 0.929 bits per heavy atom. The predicted octanol–water partition coefficient (Wildman–Crippen LogP) is 3.43. The quantitative estimate of drug-likeness (QED) is 0.681. The Labute approximate surface area is 169 Å². The minimum atomic E-state index is 0.754. The van der Waals surface area contributed by atoms with Crippen LogP contribution in [0.2, 0.25) is 0 Å². The van der Waals surface area contributed by atoms with Crippen LogP contribution in [-0.4, -0.2) is 46.1 Å². The number of aryl methyl sites for hydroxylation is 3. The van der Waals surface area contributed by atoms with Gasteiger partial charge in [0, 0.05) is 48.5 Å². The largest absolute Gasteiger partial charge is 0.353 e. The Bertz CT molecular complexity index is 972. The molecule has 0 atom stereocenters. The molecule has 0 saturated carbocycles. The number of hydrogen-bond acceptors (Lipinski definition) is 7. The zero-order valence-corrected chi connectivity index (χ0v) is 17.2. The summed E-state index contributed by atoms with van der Waals surface area (Å²) in [6, 6.07) is 5.92. The number of thiazole rings is 1. The Balaban J connectivity index is 1.41. The molecule has 0 spiro atoms. The molecule has 3 aromatic rings. The van der Waals surface area contributed by atoms with Crippen molar-refractivity contribution in [1.82, 2.24) is 19.9 Å². The van der Waals surface area contributed by atoms with Gasteiger partial charge in [0.1, 0.15) is 11.5 Å². The van der Waals surface area contributed by atoms with E-state index in [9.17, 15) is 0 Å². The Morgan fingerprint density at radius 3 is 2.46 bits per heavy atom. The molecule has 0 radical (unpaired) electrons. The molecule has 1 saturated heterocycles. The van der Waals surface area contributed by atoms with Gasteiger partial charge in [-0.3, -0.25) is 4.98 Å². The SMILES string of the molecule is Cc1nc(N2CCN(c3nc(-c4ccccn4)nc4c3CCC4)CC2)sc1C. The Morgan fingerprint density at radius 2 is 1.75 bits per heavy atom. The van der Waals surface area contributed by atoms with E-state index in [1.807, 2.05) is 24.4 Å². The van der Waals surface area contributed by atoms with Crippen LogP contribution in [0.25, 0.3) is 11.5 Å². The molecule has 0 bridgehead atoms. The second-order valence-electron chi connectivity index (χ2n) is 7.48. The fourth-order valence-electron chi connectivity index (χ4n) is 3.98. The molecule has 1 aliphatic heterocycles. The third kappa shape index (κ3) is 3.13. The number of piperazine rings is 1. The zero-order valence-electron chi connectivity index (χ0n) is 16.4. The van der Waals surface area contributed by atoms with E-state index in [1.54, 1.807) is 11.3 Å². The molecule has 1 fully saturated rings. The molecule has 4 heterocycles. The average molecular weight is 393 g/mol. The van der Waals surface area contributed by atoms with Gasteiger partial charge in [0.25, 0.3) is 0 Å². The van der Waals surface area contributed by atoms with E-state index in [4.69, 9.17) is 15.0 Å². The Hall–Kier alpha value is -2.54. The van der Waals surface area contributed by atoms with Crippen molar-refractivity contribution in [3.63, 3.8) is 0 Å². The highest BCUT2D eigenvalue weighted by Crippen LogP contribution is 2.32. The standard InChI is InChI=1S/C21H24N6S/c1-14-15(2)28-21(23-14)27-12-10-26(11-13-27)20-16-6-5-8-17(16)24-19(25-20)18-7-3-4-9-22-18/h3-4,7,9H,5-6,8,10-13H2,1-2H3. The van der Waals surface area contributed by atoms with Crippen LogP contribution in [-0.2, 0) is 12.8 Å². The molecular weight excluding hydrogens is 368 g/mol. The monoisotopic (exact) mass is 392 g/mol. The summed E-state index contributed by atoms with van der Waals surface area (Å²) in [4.78, 5) is 25.2. The highest BCUT2D eigenvalue weighted by atomic mass is 32.1. The lowest BCUT2D eigenvalue weighted by Crippen LogP contribution is -2.47. The van der Waals surface area contributed by atoms with Crippen molar-refractivity contribution in [1.29, 1.82) is 0 Å². The molecule has 6 nitrogen and oxygen atoms in total. The van der Waals surface area contributed by atoms with Crippen molar-refractivity contribution >= 4 is 22.3 Å². The van der Waals surface area contributed by atoms with E-state index >= 15 is 0 Å². The fourth-order valence-corrected chi connectivity index (χ4v) is 4.95. The maximum Gasteiger partial charge on any atom is 0.185 e. The van der Waals surface area contributed by atoms with Crippen molar-refractivity contribution in [2.75, 3.05) is 36.0 Å². The Kier molecular flexibility index (Phi) is 4.47. The average Bonchev–Trinajstić information content (AvgIpc) is 3.34. The number of nitrogens with zero attached hydrogens (tertiary/aromatic N) is 6. The van der Waals surface area contributed by atoms with Crippen molar-refractivity contribution in [3.05, 3.63) is 46.2 Å². The molecule has 0 unspecified atom stereocenters. The number of anilines is 2. The highest BCUT2D eigenvalue weighted by molar-refractivity contribution is 7.15. The molecule has 3 aromatic heterocycles. The lowest BCUT2D eigenvalue weighted by Gasteiger charge is -2.36. The van der Waals surface area contributed by atoms with Gasteiger partial charge in [-0.2, -0.15) is 0 Å². The molecule has 144 valence electrons. The van der Waals surface area contributed by atoms with E-state index in [1.165, 1.54) is 22.6 Å². The second kappa shape index (κ2) is 7.13. The van der Waals surface area contributed by atoms with Crippen molar-refractivity contribution in [2.45, 2.75) is 33.1 Å². The first-order chi connectivity index (χ1) is 13.7. The number of aromatic nitrogens is 4. The van der Waals surface area contributed by atoms with Gasteiger partial charge < -0.3 is 9.80 Å². The summed E-state index contributed by atoms with van der Waals surface area (Å²) >= 11 is 1.80. The van der Waals surface area contributed by atoms with Gasteiger partial charge in [-0.05, 0) is 45.2 Å². The summed E-state index contributed by atoms with van der Waals surface area (Å²) < 4.78 is 0. The van der Waals surface area contributed by atoms with Crippen LogP contribution >= 0.6 is 11.3 Å². The van der Waals surface area contributed by atoms with Crippen molar-refractivity contribution in [2.24, 2.45) is 0 Å². The highest BCUT2D eigenvalue weighted by Gasteiger charge is 2.27. The van der Waals surface area contributed by atoms with Crippen LogP contribution in [0.1, 0.15) is 28.2 Å². The molecule has 1 aliphatic carbocycles. The normalized spacial score (nSPS) is 16.5. The summed E-state index contributed by atoms with van der Waals surface area (Å²) in [5.74, 6) is 1.87. The predicted molar refractivity (Wildman–Crippen MR) is 113 cm³/mol. The van der Waals surface area contributed by atoms with Crippen LogP contribution in [0.15, 0.2) is 24.4 Å². The number of hydrogen-bond donors (Lipinski definition) is 0. The van der Waals surface area contributed by atoms with Crippen LogP contribution < -0.4 is 9.80 Å². The van der Waals surface area contributed by atoms with Crippen LogP contribution in [0.5, 0.6) is 0 Å². The van der Waals surface area contributed by atoms with Crippen LogP contribution in [0.3, 0.4) is 0 Å². The maximum absolute atomic E-state index is 4.98. The number of fused-ring (bicyclic) bond motifs is 1. The third-order valence-corrected chi connectivity index (χ3v) is 6.81. The summed E-state index contributed by atoms with van der Waals surface area (Å²) in [7, 11) is 0. The molecule has 2 aliphatic rings. The summed E-state index contributed by atoms with van der Waals surface area (Å²) in [5, 5.41) is 1.15. The molecule has 0 amide bonds. The lowest BCUT2D eigenvalue weighted by atomic mass is 10.2. The van der Waals surface area contributed by atoms with E-state index in [-0.39, 0.29) is 0 Å². The van der Waals surface area contributed by atoms with E-state index in [0.717, 1.165) is 67.2 Å². The molecular formula is C21H24N6S. The van der Waals surface area contributed by atoms with Gasteiger partial charge in [-0.15, -0.1) is 11.3 Å². The number of rotatable bonds is 3. The van der Waals surface area contributed by atoms with Gasteiger partial charge in [0.15, 0.2) is 11.0 Å². The van der Waals surface area contributed by atoms with Gasteiger partial charge >= 0.3 is 0 Å². The summed E-state index contributed by atoms with van der Waals surface area (Å²) in [6.07, 6.45) is 5.10. The van der Waals surface area contributed by atoms with Crippen LogP contribution in [0, 0.1) is 13.8 Å². The van der Waals surface area contributed by atoms with Crippen molar-refractivity contribution in [3.8, 4) is 11.5 Å². The molecule has 5 rings (SSSR count). The van der Waals surface area contributed by atoms with Crippen LogP contribution in [0.4, 0.5) is 10.9 Å². The van der Waals surface area contributed by atoms with Gasteiger partial charge in [-0.25, -0.2) is 15.0 Å². The first-order valence-electron chi connectivity index (χ1n) is 9.94. The first-order valence-corrected chi connectivity index (χ1v) is 10.8. The second-order valence-corrected chi connectivity index (χ2v) is 8.66. The molecule has 0 aromatic carbocycles. The topological polar surface area (TPSA) is 58.0 Å². The smallest absolute Gasteiger partial charge is 0.185 e. The summed E-state index contributed by atoms with van der Waals surface area (Å²) in [5.41, 5.74) is 4.55. The minimum absolute atomic E-state index is 0.754. The van der Waals surface area contributed by atoms with E-state index < -0.39 is 0 Å². The van der Waals surface area contributed by atoms with Gasteiger partial charge in [0.2, 0.25) is 0 Å². The fraction of sp³-hybridized carbons (Fsp3) is 0.429. The van der Waals surface area contributed by atoms with Crippen molar-refractivity contribution < 1.29 is 0 Å². The molecule has 7 heteroatoms. The third-order valence-electron chi connectivity index (χ3n) is 5.67. The molecule has 0 N–H and O–H groups in total. The lowest BCUT2D eigenvalue weighted by molar-refractivity contribution is 0.642. The zero-order chi connectivity index (χ0) is 19.1.